The van der Waals surface area contributed by atoms with Gasteiger partial charge in [0.25, 0.3) is 5.91 Å². The molecule has 1 aromatic heterocycles. The third kappa shape index (κ3) is 4.54. The molecular weight excluding hydrogens is 458 g/mol. The Kier molecular flexibility index (Phi) is 6.31. The van der Waals surface area contributed by atoms with Gasteiger partial charge in [-0.3, -0.25) is 4.79 Å². The molecule has 4 rings (SSSR count). The van der Waals surface area contributed by atoms with Crippen LogP contribution in [0.3, 0.4) is 0 Å². The van der Waals surface area contributed by atoms with Crippen LogP contribution in [0.15, 0.2) is 47.4 Å². The van der Waals surface area contributed by atoms with Crippen LogP contribution in [-0.4, -0.2) is 41.9 Å². The van der Waals surface area contributed by atoms with Gasteiger partial charge in [-0.15, -0.1) is 10.2 Å². The van der Waals surface area contributed by atoms with Crippen molar-refractivity contribution in [1.29, 1.82) is 0 Å². The second kappa shape index (κ2) is 9.00. The summed E-state index contributed by atoms with van der Waals surface area (Å²) >= 11 is 1.11. The molecule has 1 saturated heterocycles. The van der Waals surface area contributed by atoms with Crippen LogP contribution in [-0.2, 0) is 10.0 Å². The first-order valence-electron chi connectivity index (χ1n) is 9.91. The van der Waals surface area contributed by atoms with Gasteiger partial charge in [0.2, 0.25) is 15.0 Å². The number of hydrogen-bond acceptors (Lipinski definition) is 6. The highest BCUT2D eigenvalue weighted by Gasteiger charge is 2.34. The van der Waals surface area contributed by atoms with Crippen LogP contribution in [0.1, 0.15) is 39.1 Å². The van der Waals surface area contributed by atoms with E-state index in [1.165, 1.54) is 4.31 Å². The van der Waals surface area contributed by atoms with Crippen molar-refractivity contribution in [3.63, 3.8) is 0 Å². The van der Waals surface area contributed by atoms with E-state index in [0.717, 1.165) is 29.0 Å². The summed E-state index contributed by atoms with van der Waals surface area (Å²) in [6.45, 7) is 2.17. The molecule has 3 aromatic rings. The lowest BCUT2D eigenvalue weighted by Gasteiger charge is -2.30. The van der Waals surface area contributed by atoms with Gasteiger partial charge in [-0.2, -0.15) is 4.31 Å². The summed E-state index contributed by atoms with van der Waals surface area (Å²) in [5.74, 6) is -2.64. The van der Waals surface area contributed by atoms with E-state index in [1.54, 1.807) is 6.07 Å². The normalized spacial score (nSPS) is 17.3. The van der Waals surface area contributed by atoms with Crippen molar-refractivity contribution in [1.82, 2.24) is 14.5 Å². The minimum absolute atomic E-state index is 0.0766. The number of nitrogens with zero attached hydrogens (tertiary/aromatic N) is 3. The van der Waals surface area contributed by atoms with Crippen molar-refractivity contribution in [2.75, 3.05) is 18.4 Å². The van der Waals surface area contributed by atoms with E-state index in [1.807, 2.05) is 25.1 Å². The molecule has 1 N–H and O–H groups in total. The van der Waals surface area contributed by atoms with Gasteiger partial charge in [0.15, 0.2) is 0 Å². The first kappa shape index (κ1) is 22.4. The molecule has 32 heavy (non-hydrogen) atoms. The minimum atomic E-state index is -4.14. The second-order valence-electron chi connectivity index (χ2n) is 7.49. The fourth-order valence-electron chi connectivity index (χ4n) is 3.57. The number of halogens is 2. The molecule has 1 atom stereocenters. The van der Waals surface area contributed by atoms with Gasteiger partial charge in [0, 0.05) is 30.8 Å². The standard InChI is InChI=1S/C21H20F2N4O3S2/c1-13-5-2-3-7-17(13)24-19(28)21-26-25-20(31-21)14-6-4-10-27(12-14)32(29,30)18-9-8-15(22)11-16(18)23/h2-3,5,7-9,11,14H,4,6,10,12H2,1H3,(H,24,28). The average molecular weight is 479 g/mol. The van der Waals surface area contributed by atoms with Gasteiger partial charge in [0.05, 0.1) is 0 Å². The zero-order valence-corrected chi connectivity index (χ0v) is 18.7. The maximum atomic E-state index is 14.1. The summed E-state index contributed by atoms with van der Waals surface area (Å²) in [7, 11) is -4.14. The summed E-state index contributed by atoms with van der Waals surface area (Å²) in [5.41, 5.74) is 1.58. The lowest BCUT2D eigenvalue weighted by molar-refractivity contribution is 0.102. The molecule has 2 aromatic carbocycles. The van der Waals surface area contributed by atoms with Crippen LogP contribution < -0.4 is 5.32 Å². The molecule has 11 heteroatoms. The molecule has 0 saturated carbocycles. The smallest absolute Gasteiger partial charge is 0.286 e. The van der Waals surface area contributed by atoms with Crippen LogP contribution >= 0.6 is 11.3 Å². The predicted molar refractivity (Wildman–Crippen MR) is 116 cm³/mol. The third-order valence-electron chi connectivity index (χ3n) is 5.27. The fraction of sp³-hybridized carbons (Fsp3) is 0.286. The number of para-hydroxylation sites is 1. The van der Waals surface area contributed by atoms with Crippen molar-refractivity contribution < 1.29 is 22.0 Å². The molecule has 1 unspecified atom stereocenters. The minimum Gasteiger partial charge on any atom is -0.320 e. The monoisotopic (exact) mass is 478 g/mol. The Hall–Kier alpha value is -2.76. The average Bonchev–Trinajstić information content (AvgIpc) is 3.26. The lowest BCUT2D eigenvalue weighted by atomic mass is 10.0. The molecule has 1 aliphatic heterocycles. The molecule has 0 aliphatic carbocycles. The van der Waals surface area contributed by atoms with Gasteiger partial charge < -0.3 is 5.32 Å². The lowest BCUT2D eigenvalue weighted by Crippen LogP contribution is -2.39. The Bertz CT molecular complexity index is 1260. The fourth-order valence-corrected chi connectivity index (χ4v) is 6.00. The molecule has 2 heterocycles. The number of nitrogens with one attached hydrogen (secondary N) is 1. The van der Waals surface area contributed by atoms with E-state index in [9.17, 15) is 22.0 Å². The predicted octanol–water partition coefficient (Wildman–Crippen LogP) is 3.95. The Morgan fingerprint density at radius 1 is 1.19 bits per heavy atom. The Morgan fingerprint density at radius 3 is 2.72 bits per heavy atom. The van der Waals surface area contributed by atoms with Gasteiger partial charge >= 0.3 is 0 Å². The number of anilines is 1. The maximum absolute atomic E-state index is 14.1. The summed E-state index contributed by atoms with van der Waals surface area (Å²) in [4.78, 5) is 12.0. The van der Waals surface area contributed by atoms with Crippen LogP contribution in [0.5, 0.6) is 0 Å². The van der Waals surface area contributed by atoms with Crippen molar-refractivity contribution >= 4 is 33.0 Å². The van der Waals surface area contributed by atoms with E-state index in [2.05, 4.69) is 15.5 Å². The van der Waals surface area contributed by atoms with Crippen molar-refractivity contribution in [2.24, 2.45) is 0 Å². The number of aromatic nitrogens is 2. The number of benzene rings is 2. The van der Waals surface area contributed by atoms with Crippen LogP contribution in [0, 0.1) is 18.6 Å². The highest BCUT2D eigenvalue weighted by atomic mass is 32.2. The molecular formula is C21H20F2N4O3S2. The Balaban J connectivity index is 1.50. The van der Waals surface area contributed by atoms with E-state index >= 15 is 0 Å². The molecule has 7 nitrogen and oxygen atoms in total. The molecule has 1 aliphatic rings. The number of hydrogen-bond donors (Lipinski definition) is 1. The summed E-state index contributed by atoms with van der Waals surface area (Å²) in [6.07, 6.45) is 1.20. The topological polar surface area (TPSA) is 92.3 Å². The summed E-state index contributed by atoms with van der Waals surface area (Å²) in [5, 5.41) is 11.6. The number of carbonyl (C=O) groups is 1. The van der Waals surface area contributed by atoms with Gasteiger partial charge in [-0.05, 0) is 43.5 Å². The van der Waals surface area contributed by atoms with Crippen LogP contribution in [0.25, 0.3) is 0 Å². The van der Waals surface area contributed by atoms with Crippen LogP contribution in [0.4, 0.5) is 14.5 Å². The second-order valence-corrected chi connectivity index (χ2v) is 10.4. The van der Waals surface area contributed by atoms with Gasteiger partial charge in [0.1, 0.15) is 21.5 Å². The number of piperidine rings is 1. The van der Waals surface area contributed by atoms with Gasteiger partial charge in [-0.1, -0.05) is 29.5 Å². The largest absolute Gasteiger partial charge is 0.320 e. The SMILES string of the molecule is Cc1ccccc1NC(=O)c1nnc(C2CCCN(S(=O)(=O)c3ccc(F)cc3F)C2)s1. The van der Waals surface area contributed by atoms with Crippen molar-refractivity contribution in [3.05, 3.63) is 69.7 Å². The van der Waals surface area contributed by atoms with Crippen molar-refractivity contribution in [3.8, 4) is 0 Å². The number of sulfonamides is 1. The van der Waals surface area contributed by atoms with E-state index < -0.39 is 32.5 Å². The van der Waals surface area contributed by atoms with E-state index in [-0.39, 0.29) is 24.0 Å². The molecule has 0 bridgehead atoms. The number of carbonyl (C=O) groups excluding carboxylic acids is 1. The molecule has 0 radical (unpaired) electrons. The highest BCUT2D eigenvalue weighted by Crippen LogP contribution is 2.32. The molecule has 1 fully saturated rings. The first-order valence-corrected chi connectivity index (χ1v) is 12.2. The third-order valence-corrected chi connectivity index (χ3v) is 8.26. The zero-order chi connectivity index (χ0) is 22.9. The first-order chi connectivity index (χ1) is 15.3. The highest BCUT2D eigenvalue weighted by molar-refractivity contribution is 7.89. The molecule has 1 amide bonds. The summed E-state index contributed by atoms with van der Waals surface area (Å²) < 4.78 is 54.3. The summed E-state index contributed by atoms with van der Waals surface area (Å²) in [6, 6.07) is 9.75. The quantitative estimate of drug-likeness (QED) is 0.600. The van der Waals surface area contributed by atoms with E-state index in [4.69, 9.17) is 0 Å². The molecule has 168 valence electrons. The van der Waals surface area contributed by atoms with Crippen molar-refractivity contribution in [2.45, 2.75) is 30.6 Å². The van der Waals surface area contributed by atoms with Crippen LogP contribution in [0.2, 0.25) is 0 Å². The Labute approximate surface area is 188 Å². The number of aryl methyl sites for hydroxylation is 1. The Morgan fingerprint density at radius 2 is 1.97 bits per heavy atom. The zero-order valence-electron chi connectivity index (χ0n) is 17.1. The maximum Gasteiger partial charge on any atom is 0.286 e. The van der Waals surface area contributed by atoms with Gasteiger partial charge in [-0.25, -0.2) is 17.2 Å². The number of amides is 1. The number of rotatable bonds is 5. The van der Waals surface area contributed by atoms with E-state index in [0.29, 0.717) is 29.6 Å². The molecule has 0 spiro atoms.